The summed E-state index contributed by atoms with van der Waals surface area (Å²) in [6.45, 7) is 1.49. The Labute approximate surface area is 133 Å². The number of hydrogen-bond acceptors (Lipinski definition) is 3. The third-order valence-electron chi connectivity index (χ3n) is 3.66. The Kier molecular flexibility index (Phi) is 5.47. The van der Waals surface area contributed by atoms with Crippen LogP contribution in [0.1, 0.15) is 31.4 Å². The average molecular weight is 323 g/mol. The van der Waals surface area contributed by atoms with E-state index in [2.05, 4.69) is 5.32 Å². The van der Waals surface area contributed by atoms with Crippen LogP contribution in [0.15, 0.2) is 42.5 Å². The van der Waals surface area contributed by atoms with Crippen molar-refractivity contribution in [2.75, 3.05) is 6.61 Å². The SMILES string of the molecule is C[C@@H]1CC=CCC(F)(F)C(=O)NC(c2ccccc2)COC1=O. The van der Waals surface area contributed by atoms with Crippen molar-refractivity contribution in [2.45, 2.75) is 31.7 Å². The molecule has 124 valence electrons. The number of benzene rings is 1. The van der Waals surface area contributed by atoms with E-state index in [0.29, 0.717) is 12.0 Å². The van der Waals surface area contributed by atoms with Crippen molar-refractivity contribution in [3.63, 3.8) is 0 Å². The quantitative estimate of drug-likeness (QED) is 0.638. The maximum absolute atomic E-state index is 13.9. The average Bonchev–Trinajstić information content (AvgIpc) is 2.54. The zero-order chi connectivity index (χ0) is 16.9. The first-order valence-corrected chi connectivity index (χ1v) is 7.45. The van der Waals surface area contributed by atoms with Crippen molar-refractivity contribution in [1.29, 1.82) is 0 Å². The topological polar surface area (TPSA) is 55.4 Å². The first kappa shape index (κ1) is 17.1. The Hall–Kier alpha value is -2.24. The molecule has 0 saturated carbocycles. The Morgan fingerprint density at radius 3 is 2.57 bits per heavy atom. The second-order valence-electron chi connectivity index (χ2n) is 5.58. The molecule has 1 aliphatic heterocycles. The summed E-state index contributed by atoms with van der Waals surface area (Å²) in [5, 5.41) is 2.28. The number of halogens is 2. The van der Waals surface area contributed by atoms with Crippen molar-refractivity contribution >= 4 is 11.9 Å². The normalized spacial score (nSPS) is 25.7. The molecule has 1 heterocycles. The third-order valence-corrected chi connectivity index (χ3v) is 3.66. The number of ether oxygens (including phenoxy) is 1. The van der Waals surface area contributed by atoms with Gasteiger partial charge in [-0.1, -0.05) is 49.4 Å². The van der Waals surface area contributed by atoms with Crippen molar-refractivity contribution in [1.82, 2.24) is 5.32 Å². The summed E-state index contributed by atoms with van der Waals surface area (Å²) in [5.74, 6) is -5.72. The largest absolute Gasteiger partial charge is 0.463 e. The lowest BCUT2D eigenvalue weighted by atomic mass is 10.0. The van der Waals surface area contributed by atoms with E-state index in [1.54, 1.807) is 37.3 Å². The molecule has 1 aromatic rings. The molecule has 0 aromatic heterocycles. The summed E-state index contributed by atoms with van der Waals surface area (Å²) >= 11 is 0. The molecular weight excluding hydrogens is 304 g/mol. The van der Waals surface area contributed by atoms with E-state index in [4.69, 9.17) is 4.74 Å². The summed E-state index contributed by atoms with van der Waals surface area (Å²) in [6, 6.07) is 7.78. The van der Waals surface area contributed by atoms with Crippen LogP contribution in [0.5, 0.6) is 0 Å². The summed E-state index contributed by atoms with van der Waals surface area (Å²) in [6.07, 6.45) is 2.31. The van der Waals surface area contributed by atoms with Crippen LogP contribution in [0.4, 0.5) is 8.78 Å². The Morgan fingerprint density at radius 1 is 1.17 bits per heavy atom. The highest BCUT2D eigenvalue weighted by Gasteiger charge is 2.39. The molecule has 1 N–H and O–H groups in total. The zero-order valence-electron chi connectivity index (χ0n) is 12.8. The van der Waals surface area contributed by atoms with Gasteiger partial charge in [0, 0.05) is 6.42 Å². The fraction of sp³-hybridized carbons (Fsp3) is 0.412. The zero-order valence-corrected chi connectivity index (χ0v) is 12.8. The second-order valence-corrected chi connectivity index (χ2v) is 5.58. The number of nitrogens with one attached hydrogen (secondary N) is 1. The standard InChI is InChI=1S/C17H19F2NO3/c1-12-7-5-6-10-17(18,19)16(22)20-14(11-23-15(12)21)13-8-3-2-4-9-13/h2-6,8-9,12,14H,7,10-11H2,1H3,(H,20,22)/t12-,14?/m1/s1. The van der Waals surface area contributed by atoms with Crippen LogP contribution in [0.2, 0.25) is 0 Å². The number of cyclic esters (lactones) is 1. The Bertz CT molecular complexity index is 587. The second kappa shape index (κ2) is 7.35. The molecule has 0 bridgehead atoms. The molecule has 0 saturated heterocycles. The molecule has 4 nitrogen and oxygen atoms in total. The number of rotatable bonds is 1. The van der Waals surface area contributed by atoms with Crippen molar-refractivity contribution in [2.24, 2.45) is 5.92 Å². The molecule has 0 aliphatic carbocycles. The van der Waals surface area contributed by atoms with Gasteiger partial charge < -0.3 is 10.1 Å². The van der Waals surface area contributed by atoms with Crippen LogP contribution in [-0.2, 0) is 14.3 Å². The molecule has 23 heavy (non-hydrogen) atoms. The minimum Gasteiger partial charge on any atom is -0.463 e. The molecule has 6 heteroatoms. The van der Waals surface area contributed by atoms with Crippen LogP contribution in [-0.4, -0.2) is 24.4 Å². The Morgan fingerprint density at radius 2 is 1.87 bits per heavy atom. The highest BCUT2D eigenvalue weighted by Crippen LogP contribution is 2.23. The molecule has 0 spiro atoms. The van der Waals surface area contributed by atoms with E-state index in [9.17, 15) is 18.4 Å². The number of alkyl halides is 2. The fourth-order valence-corrected chi connectivity index (χ4v) is 2.20. The van der Waals surface area contributed by atoms with Gasteiger partial charge in [0.15, 0.2) is 0 Å². The van der Waals surface area contributed by atoms with Gasteiger partial charge in [-0.05, 0) is 12.0 Å². The van der Waals surface area contributed by atoms with Gasteiger partial charge in [-0.2, -0.15) is 8.78 Å². The molecule has 1 aliphatic rings. The van der Waals surface area contributed by atoms with Crippen LogP contribution in [0, 0.1) is 5.92 Å². The molecule has 0 fully saturated rings. The highest BCUT2D eigenvalue weighted by molar-refractivity contribution is 5.84. The summed E-state index contributed by atoms with van der Waals surface area (Å²) in [4.78, 5) is 23.7. The van der Waals surface area contributed by atoms with E-state index in [-0.39, 0.29) is 6.61 Å². The highest BCUT2D eigenvalue weighted by atomic mass is 19.3. The predicted molar refractivity (Wildman–Crippen MR) is 80.8 cm³/mol. The number of esters is 1. The third kappa shape index (κ3) is 4.61. The molecule has 1 aromatic carbocycles. The van der Waals surface area contributed by atoms with Gasteiger partial charge in [-0.25, -0.2) is 0 Å². The fourth-order valence-electron chi connectivity index (χ4n) is 2.20. The van der Waals surface area contributed by atoms with Crippen LogP contribution >= 0.6 is 0 Å². The van der Waals surface area contributed by atoms with Crippen LogP contribution < -0.4 is 5.32 Å². The van der Waals surface area contributed by atoms with Gasteiger partial charge in [0.05, 0.1) is 12.0 Å². The minimum absolute atomic E-state index is 0.182. The number of allylic oxidation sites excluding steroid dienone is 2. The van der Waals surface area contributed by atoms with Gasteiger partial charge in [-0.15, -0.1) is 0 Å². The maximum Gasteiger partial charge on any atom is 0.327 e. The van der Waals surface area contributed by atoms with E-state index < -0.39 is 36.2 Å². The first-order valence-electron chi connectivity index (χ1n) is 7.45. The monoisotopic (exact) mass is 323 g/mol. The van der Waals surface area contributed by atoms with Crippen LogP contribution in [0.25, 0.3) is 0 Å². The van der Waals surface area contributed by atoms with Gasteiger partial charge >= 0.3 is 11.9 Å². The summed E-state index contributed by atoms with van der Waals surface area (Å²) in [7, 11) is 0. The van der Waals surface area contributed by atoms with Gasteiger partial charge in [-0.3, -0.25) is 9.59 Å². The molecule has 1 unspecified atom stereocenters. The predicted octanol–water partition coefficient (Wildman–Crippen LogP) is 3.01. The van der Waals surface area contributed by atoms with E-state index in [1.807, 2.05) is 0 Å². The molecule has 2 rings (SSSR count). The van der Waals surface area contributed by atoms with Gasteiger partial charge in [0.2, 0.25) is 0 Å². The Balaban J connectivity index is 2.26. The maximum atomic E-state index is 13.9. The van der Waals surface area contributed by atoms with Gasteiger partial charge in [0.1, 0.15) is 6.61 Å². The number of carbonyl (C=O) groups is 2. The summed E-state index contributed by atoms with van der Waals surface area (Å²) < 4.78 is 32.9. The molecule has 1 amide bonds. The lowest BCUT2D eigenvalue weighted by molar-refractivity contribution is -0.152. The lowest BCUT2D eigenvalue weighted by Crippen LogP contribution is -2.43. The summed E-state index contributed by atoms with van der Waals surface area (Å²) in [5.41, 5.74) is 0.602. The van der Waals surface area contributed by atoms with Crippen LogP contribution in [0.3, 0.4) is 0 Å². The van der Waals surface area contributed by atoms with Gasteiger partial charge in [0.25, 0.3) is 5.91 Å². The molecular formula is C17H19F2NO3. The number of hydrogen-bond donors (Lipinski definition) is 1. The number of carbonyl (C=O) groups excluding carboxylic acids is 2. The number of amides is 1. The first-order chi connectivity index (χ1) is 10.9. The van der Waals surface area contributed by atoms with E-state index >= 15 is 0 Å². The van der Waals surface area contributed by atoms with E-state index in [0.717, 1.165) is 0 Å². The van der Waals surface area contributed by atoms with Crippen molar-refractivity contribution in [3.05, 3.63) is 48.0 Å². The van der Waals surface area contributed by atoms with Crippen molar-refractivity contribution in [3.8, 4) is 0 Å². The minimum atomic E-state index is -3.50. The lowest BCUT2D eigenvalue weighted by Gasteiger charge is -2.23. The molecule has 2 atom stereocenters. The molecule has 0 radical (unpaired) electrons. The van der Waals surface area contributed by atoms with E-state index in [1.165, 1.54) is 12.2 Å². The smallest absolute Gasteiger partial charge is 0.327 e. The van der Waals surface area contributed by atoms with Crippen molar-refractivity contribution < 1.29 is 23.1 Å².